The summed E-state index contributed by atoms with van der Waals surface area (Å²) < 4.78 is 11.7. The molecule has 1 aliphatic heterocycles. The Balaban J connectivity index is 1.89. The summed E-state index contributed by atoms with van der Waals surface area (Å²) in [7, 11) is 1.68. The Morgan fingerprint density at radius 3 is 2.83 bits per heavy atom. The second-order valence-electron chi connectivity index (χ2n) is 6.80. The molecule has 1 heterocycles. The second-order valence-corrected chi connectivity index (χ2v) is 7.65. The van der Waals surface area contributed by atoms with Gasteiger partial charge in [0, 0.05) is 31.2 Å². The SMILES string of the molecule is COc1c(Br)cccc1CN1CCC(NC(=O)OC(C)(C)C)C1. The second kappa shape index (κ2) is 7.53. The van der Waals surface area contributed by atoms with Gasteiger partial charge in [0.1, 0.15) is 11.4 Å². The van der Waals surface area contributed by atoms with Crippen LogP contribution >= 0.6 is 15.9 Å². The molecule has 0 aliphatic carbocycles. The highest BCUT2D eigenvalue weighted by Crippen LogP contribution is 2.30. The van der Waals surface area contributed by atoms with Gasteiger partial charge in [0.05, 0.1) is 11.6 Å². The molecule has 1 atom stereocenters. The highest BCUT2D eigenvalue weighted by molar-refractivity contribution is 9.10. The third-order valence-electron chi connectivity index (χ3n) is 3.64. The van der Waals surface area contributed by atoms with Gasteiger partial charge in [-0.05, 0) is 49.2 Å². The number of hydrogen-bond donors (Lipinski definition) is 1. The van der Waals surface area contributed by atoms with Crippen molar-refractivity contribution in [3.05, 3.63) is 28.2 Å². The molecule has 0 aromatic heterocycles. The quantitative estimate of drug-likeness (QED) is 0.861. The van der Waals surface area contributed by atoms with E-state index in [9.17, 15) is 4.79 Å². The number of amides is 1. The summed E-state index contributed by atoms with van der Waals surface area (Å²) in [6.45, 7) is 8.16. The molecule has 0 saturated carbocycles. The molecule has 5 nitrogen and oxygen atoms in total. The molecule has 1 fully saturated rings. The van der Waals surface area contributed by atoms with Gasteiger partial charge in [-0.3, -0.25) is 4.90 Å². The number of nitrogens with one attached hydrogen (secondary N) is 1. The van der Waals surface area contributed by atoms with Crippen LogP contribution in [-0.2, 0) is 11.3 Å². The summed E-state index contributed by atoms with van der Waals surface area (Å²) >= 11 is 3.51. The summed E-state index contributed by atoms with van der Waals surface area (Å²) in [4.78, 5) is 14.2. The number of nitrogens with zero attached hydrogens (tertiary/aromatic N) is 1. The first-order chi connectivity index (χ1) is 10.8. The zero-order valence-corrected chi connectivity index (χ0v) is 15.8. The maximum absolute atomic E-state index is 11.8. The lowest BCUT2D eigenvalue weighted by Gasteiger charge is -2.22. The number of carbonyl (C=O) groups is 1. The van der Waals surface area contributed by atoms with E-state index in [1.807, 2.05) is 32.9 Å². The van der Waals surface area contributed by atoms with Crippen molar-refractivity contribution in [2.75, 3.05) is 20.2 Å². The van der Waals surface area contributed by atoms with Gasteiger partial charge in [0.15, 0.2) is 0 Å². The fourth-order valence-electron chi connectivity index (χ4n) is 2.72. The van der Waals surface area contributed by atoms with Crippen molar-refractivity contribution in [3.63, 3.8) is 0 Å². The summed E-state index contributed by atoms with van der Waals surface area (Å²) in [5, 5.41) is 2.95. The highest BCUT2D eigenvalue weighted by atomic mass is 79.9. The van der Waals surface area contributed by atoms with Gasteiger partial charge in [-0.2, -0.15) is 0 Å². The van der Waals surface area contributed by atoms with Gasteiger partial charge in [-0.25, -0.2) is 4.79 Å². The van der Waals surface area contributed by atoms with E-state index in [-0.39, 0.29) is 12.1 Å². The normalized spacial score (nSPS) is 18.7. The van der Waals surface area contributed by atoms with Crippen LogP contribution in [0.1, 0.15) is 32.8 Å². The van der Waals surface area contributed by atoms with E-state index < -0.39 is 5.60 Å². The molecular formula is C17H25BrN2O3. The van der Waals surface area contributed by atoms with E-state index in [0.717, 1.165) is 41.8 Å². The van der Waals surface area contributed by atoms with E-state index in [4.69, 9.17) is 9.47 Å². The van der Waals surface area contributed by atoms with Crippen molar-refractivity contribution in [1.82, 2.24) is 10.2 Å². The Hall–Kier alpha value is -1.27. The number of rotatable bonds is 4. The van der Waals surface area contributed by atoms with Gasteiger partial charge < -0.3 is 14.8 Å². The third kappa shape index (κ3) is 5.39. The van der Waals surface area contributed by atoms with Gasteiger partial charge >= 0.3 is 6.09 Å². The Morgan fingerprint density at radius 2 is 2.17 bits per heavy atom. The first-order valence-corrected chi connectivity index (χ1v) is 8.61. The van der Waals surface area contributed by atoms with Gasteiger partial charge in [-0.15, -0.1) is 0 Å². The molecule has 23 heavy (non-hydrogen) atoms. The molecule has 1 amide bonds. The fraction of sp³-hybridized carbons (Fsp3) is 0.588. The van der Waals surface area contributed by atoms with Crippen LogP contribution in [0, 0.1) is 0 Å². The smallest absolute Gasteiger partial charge is 0.407 e. The van der Waals surface area contributed by atoms with Gasteiger partial charge in [0.25, 0.3) is 0 Å². The maximum Gasteiger partial charge on any atom is 0.407 e. The van der Waals surface area contributed by atoms with E-state index in [1.54, 1.807) is 7.11 Å². The molecule has 0 spiro atoms. The minimum Gasteiger partial charge on any atom is -0.495 e. The van der Waals surface area contributed by atoms with Crippen LogP contribution in [0.3, 0.4) is 0 Å². The number of carbonyl (C=O) groups excluding carboxylic acids is 1. The van der Waals surface area contributed by atoms with Crippen LogP contribution in [0.2, 0.25) is 0 Å². The van der Waals surface area contributed by atoms with Crippen LogP contribution in [0.4, 0.5) is 4.79 Å². The number of hydrogen-bond acceptors (Lipinski definition) is 4. The summed E-state index contributed by atoms with van der Waals surface area (Å²) in [5.41, 5.74) is 0.672. The zero-order valence-electron chi connectivity index (χ0n) is 14.2. The van der Waals surface area contributed by atoms with Crippen LogP contribution < -0.4 is 10.1 Å². The van der Waals surface area contributed by atoms with Crippen molar-refractivity contribution in [3.8, 4) is 5.75 Å². The first-order valence-electron chi connectivity index (χ1n) is 7.82. The Bertz CT molecular complexity index is 557. The van der Waals surface area contributed by atoms with Crippen molar-refractivity contribution in [1.29, 1.82) is 0 Å². The zero-order chi connectivity index (χ0) is 17.0. The minimum absolute atomic E-state index is 0.128. The molecule has 0 bridgehead atoms. The number of alkyl carbamates (subject to hydrolysis) is 1. The highest BCUT2D eigenvalue weighted by Gasteiger charge is 2.26. The van der Waals surface area contributed by atoms with E-state index >= 15 is 0 Å². The lowest BCUT2D eigenvalue weighted by molar-refractivity contribution is 0.0505. The number of methoxy groups -OCH3 is 1. The molecule has 2 rings (SSSR count). The number of likely N-dealkylation sites (tertiary alicyclic amines) is 1. The van der Waals surface area contributed by atoms with Gasteiger partial charge in [-0.1, -0.05) is 12.1 Å². The van der Waals surface area contributed by atoms with E-state index in [1.165, 1.54) is 0 Å². The molecule has 6 heteroatoms. The Kier molecular flexibility index (Phi) is 5.92. The van der Waals surface area contributed by atoms with Crippen LogP contribution in [-0.4, -0.2) is 42.8 Å². The molecular weight excluding hydrogens is 360 g/mol. The fourth-order valence-corrected chi connectivity index (χ4v) is 3.28. The van der Waals surface area contributed by atoms with E-state index in [2.05, 4.69) is 32.2 Å². The predicted octanol–water partition coefficient (Wildman–Crippen LogP) is 3.56. The molecule has 1 N–H and O–H groups in total. The predicted molar refractivity (Wildman–Crippen MR) is 93.7 cm³/mol. The van der Waals surface area contributed by atoms with Crippen LogP contribution in [0.25, 0.3) is 0 Å². The van der Waals surface area contributed by atoms with E-state index in [0.29, 0.717) is 0 Å². The lowest BCUT2D eigenvalue weighted by atomic mass is 10.2. The summed E-state index contributed by atoms with van der Waals surface area (Å²) in [6, 6.07) is 6.18. The van der Waals surface area contributed by atoms with Crippen LogP contribution in [0.15, 0.2) is 22.7 Å². The summed E-state index contributed by atoms with van der Waals surface area (Å²) in [6.07, 6.45) is 0.583. The molecule has 0 radical (unpaired) electrons. The van der Waals surface area contributed by atoms with Crippen molar-refractivity contribution in [2.45, 2.75) is 45.4 Å². The first kappa shape index (κ1) is 18.1. The topological polar surface area (TPSA) is 50.8 Å². The van der Waals surface area contributed by atoms with Crippen LogP contribution in [0.5, 0.6) is 5.75 Å². The van der Waals surface area contributed by atoms with Crippen molar-refractivity contribution >= 4 is 22.0 Å². The van der Waals surface area contributed by atoms with Crippen molar-refractivity contribution < 1.29 is 14.3 Å². The van der Waals surface area contributed by atoms with Crippen molar-refractivity contribution in [2.24, 2.45) is 0 Å². The Morgan fingerprint density at radius 1 is 1.43 bits per heavy atom. The number of halogens is 1. The number of para-hydroxylation sites is 1. The molecule has 1 saturated heterocycles. The lowest BCUT2D eigenvalue weighted by Crippen LogP contribution is -2.40. The summed E-state index contributed by atoms with van der Waals surface area (Å²) in [5.74, 6) is 0.871. The minimum atomic E-state index is -0.466. The third-order valence-corrected chi connectivity index (χ3v) is 4.26. The maximum atomic E-state index is 11.8. The average molecular weight is 385 g/mol. The molecule has 1 aliphatic rings. The average Bonchev–Trinajstić information content (AvgIpc) is 2.84. The molecule has 1 aromatic carbocycles. The number of benzene rings is 1. The molecule has 1 unspecified atom stereocenters. The molecule has 1 aromatic rings. The number of ether oxygens (including phenoxy) is 2. The van der Waals surface area contributed by atoms with Gasteiger partial charge in [0.2, 0.25) is 0 Å². The molecule has 128 valence electrons. The monoisotopic (exact) mass is 384 g/mol. The Labute approximate surface area is 146 Å². The largest absolute Gasteiger partial charge is 0.495 e. The standard InChI is InChI=1S/C17H25BrN2O3/c1-17(2,3)23-16(21)19-13-8-9-20(11-13)10-12-6-5-7-14(18)15(12)22-4/h5-7,13H,8-11H2,1-4H3,(H,19,21).